The summed E-state index contributed by atoms with van der Waals surface area (Å²) in [7, 11) is 0. The van der Waals surface area contributed by atoms with Crippen LogP contribution in [0.3, 0.4) is 0 Å². The molecule has 1 amide bonds. The van der Waals surface area contributed by atoms with E-state index in [0.717, 1.165) is 29.9 Å². The van der Waals surface area contributed by atoms with Gasteiger partial charge in [0, 0.05) is 19.2 Å². The quantitative estimate of drug-likeness (QED) is 0.319. The van der Waals surface area contributed by atoms with Gasteiger partial charge in [0.05, 0.1) is 22.2 Å². The van der Waals surface area contributed by atoms with Gasteiger partial charge in [0.1, 0.15) is 17.6 Å². The number of halogens is 2. The van der Waals surface area contributed by atoms with Crippen molar-refractivity contribution < 1.29 is 19.4 Å². The Kier molecular flexibility index (Phi) is 9.13. The van der Waals surface area contributed by atoms with Crippen molar-refractivity contribution in [3.05, 3.63) is 87.5 Å². The maximum absolute atomic E-state index is 12.6. The Morgan fingerprint density at radius 1 is 1.06 bits per heavy atom. The fourth-order valence-electron chi connectivity index (χ4n) is 3.15. The molecule has 2 aromatic carbocycles. The monoisotopic (exact) mass is 501 g/mol. The number of carbonyl (C=O) groups is 2. The van der Waals surface area contributed by atoms with E-state index in [4.69, 9.17) is 27.9 Å². The third kappa shape index (κ3) is 7.37. The van der Waals surface area contributed by atoms with Crippen molar-refractivity contribution in [3.63, 3.8) is 0 Å². The lowest BCUT2D eigenvalue weighted by molar-refractivity contribution is -0.139. The molecule has 0 aliphatic carbocycles. The molecule has 3 N–H and O–H groups in total. The highest BCUT2D eigenvalue weighted by Gasteiger charge is 2.23. The van der Waals surface area contributed by atoms with Gasteiger partial charge in [-0.1, -0.05) is 47.5 Å². The standard InChI is InChI=1S/C25H25Cl2N3O4/c1-16-6-11-22(29-15-16)28-12-3-13-34-18-9-7-17(8-10-18)14-21(25(32)33)30-24(31)23-19(26)4-2-5-20(23)27/h2,4-11,15,21H,3,12-14H2,1H3,(H,28,29)(H,30,31)(H,32,33). The van der Waals surface area contributed by atoms with Crippen LogP contribution in [0.2, 0.25) is 10.0 Å². The highest BCUT2D eigenvalue weighted by atomic mass is 35.5. The van der Waals surface area contributed by atoms with E-state index in [-0.39, 0.29) is 22.0 Å². The molecule has 1 atom stereocenters. The molecule has 1 aromatic heterocycles. The van der Waals surface area contributed by atoms with Gasteiger partial charge in [0.2, 0.25) is 0 Å². The minimum absolute atomic E-state index is 0.0495. The van der Waals surface area contributed by atoms with Crippen LogP contribution in [0.25, 0.3) is 0 Å². The number of pyridine rings is 1. The number of aliphatic carboxylic acids is 1. The van der Waals surface area contributed by atoms with Crippen LogP contribution in [0.4, 0.5) is 5.82 Å². The van der Waals surface area contributed by atoms with E-state index in [1.54, 1.807) is 30.3 Å². The van der Waals surface area contributed by atoms with Crippen molar-refractivity contribution in [1.82, 2.24) is 10.3 Å². The summed E-state index contributed by atoms with van der Waals surface area (Å²) in [4.78, 5) is 28.6. The van der Waals surface area contributed by atoms with Crippen LogP contribution < -0.4 is 15.4 Å². The Hall–Kier alpha value is -3.29. The maximum Gasteiger partial charge on any atom is 0.326 e. The molecule has 34 heavy (non-hydrogen) atoms. The molecular weight excluding hydrogens is 477 g/mol. The zero-order valence-corrected chi connectivity index (χ0v) is 20.1. The number of anilines is 1. The lowest BCUT2D eigenvalue weighted by Crippen LogP contribution is -2.42. The maximum atomic E-state index is 12.6. The minimum Gasteiger partial charge on any atom is -0.494 e. The number of aryl methyl sites for hydroxylation is 1. The van der Waals surface area contributed by atoms with E-state index in [1.807, 2.05) is 25.3 Å². The Balaban J connectivity index is 1.48. The molecule has 3 aromatic rings. The van der Waals surface area contributed by atoms with E-state index < -0.39 is 17.9 Å². The SMILES string of the molecule is Cc1ccc(NCCCOc2ccc(CC(NC(=O)c3c(Cl)cccc3Cl)C(=O)O)cc2)nc1. The van der Waals surface area contributed by atoms with Gasteiger partial charge >= 0.3 is 5.97 Å². The van der Waals surface area contributed by atoms with Crippen LogP contribution in [-0.2, 0) is 11.2 Å². The van der Waals surface area contributed by atoms with Crippen LogP contribution in [0.5, 0.6) is 5.75 Å². The van der Waals surface area contributed by atoms with Crippen molar-refractivity contribution in [1.29, 1.82) is 0 Å². The third-order valence-electron chi connectivity index (χ3n) is 4.96. The van der Waals surface area contributed by atoms with Crippen molar-refractivity contribution in [2.24, 2.45) is 0 Å². The number of hydrogen-bond acceptors (Lipinski definition) is 5. The summed E-state index contributed by atoms with van der Waals surface area (Å²) in [6, 6.07) is 14.5. The Bertz CT molecular complexity index is 1100. The van der Waals surface area contributed by atoms with Crippen molar-refractivity contribution in [2.45, 2.75) is 25.8 Å². The molecule has 7 nitrogen and oxygen atoms in total. The topological polar surface area (TPSA) is 101 Å². The lowest BCUT2D eigenvalue weighted by Gasteiger charge is -2.16. The average molecular weight is 502 g/mol. The summed E-state index contributed by atoms with van der Waals surface area (Å²) >= 11 is 12.1. The van der Waals surface area contributed by atoms with Crippen molar-refractivity contribution in [2.75, 3.05) is 18.5 Å². The molecule has 0 fully saturated rings. The number of carbonyl (C=O) groups excluding carboxylic acids is 1. The van der Waals surface area contributed by atoms with Crippen LogP contribution >= 0.6 is 23.2 Å². The van der Waals surface area contributed by atoms with Crippen LogP contribution in [-0.4, -0.2) is 41.2 Å². The normalized spacial score (nSPS) is 11.5. The van der Waals surface area contributed by atoms with E-state index in [9.17, 15) is 14.7 Å². The van der Waals surface area contributed by atoms with Crippen molar-refractivity contribution >= 4 is 40.9 Å². The number of hydrogen-bond donors (Lipinski definition) is 3. The number of rotatable bonds is 11. The van der Waals surface area contributed by atoms with E-state index in [1.165, 1.54) is 12.1 Å². The van der Waals surface area contributed by atoms with Gasteiger partial charge < -0.3 is 20.5 Å². The Labute approximate surface area is 208 Å². The fraction of sp³-hybridized carbons (Fsp3) is 0.240. The average Bonchev–Trinajstić information content (AvgIpc) is 2.80. The first-order valence-electron chi connectivity index (χ1n) is 10.7. The zero-order chi connectivity index (χ0) is 24.5. The molecular formula is C25H25Cl2N3O4. The van der Waals surface area contributed by atoms with Gasteiger partial charge in [-0.3, -0.25) is 4.79 Å². The highest BCUT2D eigenvalue weighted by molar-refractivity contribution is 6.39. The second-order valence-corrected chi connectivity index (χ2v) is 8.47. The number of aromatic nitrogens is 1. The number of nitrogens with zero attached hydrogens (tertiary/aromatic N) is 1. The van der Waals surface area contributed by atoms with Crippen molar-refractivity contribution in [3.8, 4) is 5.75 Å². The molecule has 178 valence electrons. The van der Waals surface area contributed by atoms with E-state index in [2.05, 4.69) is 15.6 Å². The number of amides is 1. The molecule has 0 aliphatic heterocycles. The zero-order valence-electron chi connectivity index (χ0n) is 18.6. The molecule has 0 aliphatic rings. The second-order valence-electron chi connectivity index (χ2n) is 7.66. The predicted molar refractivity (Wildman–Crippen MR) is 133 cm³/mol. The van der Waals surface area contributed by atoms with Crippen LogP contribution in [0, 0.1) is 6.92 Å². The summed E-state index contributed by atoms with van der Waals surface area (Å²) in [5.74, 6) is -0.298. The minimum atomic E-state index is -1.16. The Morgan fingerprint density at radius 3 is 2.38 bits per heavy atom. The summed E-state index contributed by atoms with van der Waals surface area (Å²) < 4.78 is 5.74. The molecule has 0 radical (unpaired) electrons. The van der Waals surface area contributed by atoms with Gasteiger partial charge in [-0.05, 0) is 54.8 Å². The lowest BCUT2D eigenvalue weighted by atomic mass is 10.1. The van der Waals surface area contributed by atoms with Crippen LogP contribution in [0.1, 0.15) is 27.9 Å². The van der Waals surface area contributed by atoms with E-state index in [0.29, 0.717) is 12.4 Å². The summed E-state index contributed by atoms with van der Waals surface area (Å²) in [5.41, 5.74) is 1.89. The summed E-state index contributed by atoms with van der Waals surface area (Å²) in [6.45, 7) is 3.23. The molecule has 0 saturated carbocycles. The molecule has 0 bridgehead atoms. The van der Waals surface area contributed by atoms with Gasteiger partial charge in [-0.2, -0.15) is 0 Å². The summed E-state index contributed by atoms with van der Waals surface area (Å²) in [6.07, 6.45) is 2.69. The first-order valence-corrected chi connectivity index (χ1v) is 11.4. The first-order chi connectivity index (χ1) is 16.3. The first kappa shape index (κ1) is 25.3. The molecule has 0 spiro atoms. The smallest absolute Gasteiger partial charge is 0.326 e. The highest BCUT2D eigenvalue weighted by Crippen LogP contribution is 2.24. The molecule has 9 heteroatoms. The number of ether oxygens (including phenoxy) is 1. The Morgan fingerprint density at radius 2 is 1.76 bits per heavy atom. The molecule has 1 unspecified atom stereocenters. The number of carboxylic acids is 1. The molecule has 0 saturated heterocycles. The third-order valence-corrected chi connectivity index (χ3v) is 5.59. The fourth-order valence-corrected chi connectivity index (χ4v) is 3.72. The van der Waals surface area contributed by atoms with Gasteiger partial charge in [0.25, 0.3) is 5.91 Å². The largest absolute Gasteiger partial charge is 0.494 e. The summed E-state index contributed by atoms with van der Waals surface area (Å²) in [5, 5.41) is 15.6. The van der Waals surface area contributed by atoms with Gasteiger partial charge in [-0.15, -0.1) is 0 Å². The van der Waals surface area contributed by atoms with Gasteiger partial charge in [-0.25, -0.2) is 9.78 Å². The number of benzene rings is 2. The van der Waals surface area contributed by atoms with Crippen LogP contribution in [0.15, 0.2) is 60.8 Å². The molecule has 3 rings (SSSR count). The number of carboxylic acid groups (broad SMARTS) is 1. The predicted octanol–water partition coefficient (Wildman–Crippen LogP) is 5.00. The number of nitrogens with one attached hydrogen (secondary N) is 2. The van der Waals surface area contributed by atoms with Gasteiger partial charge in [0.15, 0.2) is 0 Å². The molecule has 1 heterocycles. The van der Waals surface area contributed by atoms with E-state index >= 15 is 0 Å². The second kappa shape index (κ2) is 12.3.